The lowest BCUT2D eigenvalue weighted by Crippen LogP contribution is -2.38. The first-order valence-electron chi connectivity index (χ1n) is 10.7. The third kappa shape index (κ3) is 4.98. The van der Waals surface area contributed by atoms with Crippen molar-refractivity contribution >= 4 is 39.0 Å². The molecule has 1 aliphatic rings. The predicted molar refractivity (Wildman–Crippen MR) is 129 cm³/mol. The summed E-state index contributed by atoms with van der Waals surface area (Å²) in [7, 11) is -4.22. The van der Waals surface area contributed by atoms with E-state index in [9.17, 15) is 33.2 Å². The Kier molecular flexibility index (Phi) is 6.62. The van der Waals surface area contributed by atoms with Crippen molar-refractivity contribution < 1.29 is 32.8 Å². The minimum Gasteiger partial charge on any atom is -0.507 e. The van der Waals surface area contributed by atoms with E-state index in [2.05, 4.69) is 4.72 Å². The molecule has 12 heteroatoms. The summed E-state index contributed by atoms with van der Waals surface area (Å²) in [5.41, 5.74) is 1.14. The monoisotopic (exact) mass is 511 g/mol. The van der Waals surface area contributed by atoms with E-state index in [0.29, 0.717) is 6.42 Å². The van der Waals surface area contributed by atoms with Gasteiger partial charge in [0.15, 0.2) is 6.61 Å². The number of aromatic hydroxyl groups is 1. The van der Waals surface area contributed by atoms with Crippen molar-refractivity contribution in [2.75, 3.05) is 16.2 Å². The normalized spacial score (nSPS) is 14.7. The number of phenolic OH excluding ortho intramolecular Hbond substituents is 1. The number of fused-ring (bicyclic) bond motifs is 1. The number of nitrogens with zero attached hydrogens (tertiary/aromatic N) is 2. The van der Waals surface area contributed by atoms with Crippen LogP contribution in [0.15, 0.2) is 71.6 Å². The molecule has 2 N–H and O–H groups in total. The number of nitro benzene ring substituents is 1. The molecule has 3 aromatic rings. The lowest BCUT2D eigenvalue weighted by Gasteiger charge is -2.22. The van der Waals surface area contributed by atoms with Gasteiger partial charge in [0.1, 0.15) is 11.3 Å². The summed E-state index contributed by atoms with van der Waals surface area (Å²) in [5.74, 6) is -2.06. The predicted octanol–water partition coefficient (Wildman–Crippen LogP) is 3.24. The molecule has 0 bridgehead atoms. The fourth-order valence-corrected chi connectivity index (χ4v) is 5.02. The molecule has 0 radical (unpaired) electrons. The summed E-state index contributed by atoms with van der Waals surface area (Å²) in [6.45, 7) is 1.27. The van der Waals surface area contributed by atoms with Crippen molar-refractivity contribution in [1.29, 1.82) is 0 Å². The molecule has 1 unspecified atom stereocenters. The van der Waals surface area contributed by atoms with Crippen LogP contribution in [-0.4, -0.2) is 43.0 Å². The minimum atomic E-state index is -4.22. The van der Waals surface area contributed by atoms with E-state index in [1.165, 1.54) is 17.0 Å². The number of carbonyl (C=O) groups excluding carboxylic acids is 2. The topological polar surface area (TPSA) is 156 Å². The Balaban J connectivity index is 1.47. The first kappa shape index (κ1) is 24.7. The first-order chi connectivity index (χ1) is 17.1. The van der Waals surface area contributed by atoms with Crippen LogP contribution in [0.4, 0.5) is 17.1 Å². The molecule has 0 aromatic heterocycles. The van der Waals surface area contributed by atoms with Gasteiger partial charge in [0.2, 0.25) is 0 Å². The third-order valence-electron chi connectivity index (χ3n) is 5.63. The molecule has 0 fully saturated rings. The summed E-state index contributed by atoms with van der Waals surface area (Å²) < 4.78 is 32.9. The fraction of sp³-hybridized carbons (Fsp3) is 0.167. The van der Waals surface area contributed by atoms with Gasteiger partial charge in [0, 0.05) is 29.5 Å². The number of sulfonamides is 1. The summed E-state index contributed by atoms with van der Waals surface area (Å²) in [4.78, 5) is 36.7. The Hall–Kier alpha value is -4.45. The quantitative estimate of drug-likeness (QED) is 0.278. The molecule has 1 aliphatic heterocycles. The Morgan fingerprint density at radius 3 is 2.53 bits per heavy atom. The molecule has 1 amide bonds. The number of nitrogens with one attached hydrogen (secondary N) is 1. The lowest BCUT2D eigenvalue weighted by molar-refractivity contribution is -0.384. The number of ether oxygens (including phenoxy) is 1. The van der Waals surface area contributed by atoms with Crippen molar-refractivity contribution in [3.8, 4) is 5.75 Å². The number of hydrogen-bond donors (Lipinski definition) is 2. The molecule has 11 nitrogen and oxygen atoms in total. The van der Waals surface area contributed by atoms with Gasteiger partial charge in [-0.25, -0.2) is 13.2 Å². The molecular formula is C24H21N3O8S. The highest BCUT2D eigenvalue weighted by Crippen LogP contribution is 2.32. The molecule has 1 atom stereocenters. The second-order valence-electron chi connectivity index (χ2n) is 8.11. The Labute approximate surface area is 206 Å². The Morgan fingerprint density at radius 1 is 1.14 bits per heavy atom. The molecule has 0 spiro atoms. The number of amides is 1. The molecule has 3 aromatic carbocycles. The van der Waals surface area contributed by atoms with Gasteiger partial charge < -0.3 is 14.7 Å². The molecule has 4 rings (SSSR count). The van der Waals surface area contributed by atoms with Crippen LogP contribution in [0.1, 0.15) is 22.8 Å². The second kappa shape index (κ2) is 9.66. The SMILES string of the molecule is CC1Cc2ccccc2N1C(=O)COC(=O)c1cc(S(=O)(=O)Nc2ccc([N+](=O)[O-])cc2)ccc1O. The standard InChI is InChI=1S/C24H21N3O8S/c1-15-12-16-4-2-3-5-21(16)26(15)23(29)14-35-24(30)20-13-19(10-11-22(20)28)36(33,34)25-17-6-8-18(9-7-17)27(31)32/h2-11,13,15,25,28H,12,14H2,1H3. The maximum atomic E-state index is 12.8. The van der Waals surface area contributed by atoms with Gasteiger partial charge in [-0.2, -0.15) is 0 Å². The smallest absolute Gasteiger partial charge is 0.342 e. The average molecular weight is 512 g/mol. The van der Waals surface area contributed by atoms with Gasteiger partial charge in [-0.05, 0) is 55.3 Å². The van der Waals surface area contributed by atoms with E-state index >= 15 is 0 Å². The van der Waals surface area contributed by atoms with Crippen LogP contribution < -0.4 is 9.62 Å². The van der Waals surface area contributed by atoms with Crippen molar-refractivity contribution in [3.05, 3.63) is 88.0 Å². The average Bonchev–Trinajstić information content (AvgIpc) is 3.18. The summed E-state index contributed by atoms with van der Waals surface area (Å²) >= 11 is 0. The number of nitro groups is 1. The maximum Gasteiger partial charge on any atom is 0.342 e. The minimum absolute atomic E-state index is 0.0587. The summed E-state index contributed by atoms with van der Waals surface area (Å²) in [5, 5.41) is 20.9. The van der Waals surface area contributed by atoms with Gasteiger partial charge in [0.05, 0.1) is 9.82 Å². The number of carbonyl (C=O) groups is 2. The van der Waals surface area contributed by atoms with Crippen molar-refractivity contribution in [2.24, 2.45) is 0 Å². The van der Waals surface area contributed by atoms with E-state index in [0.717, 1.165) is 41.6 Å². The molecular weight excluding hydrogens is 490 g/mol. The number of anilines is 2. The number of para-hydroxylation sites is 1. The number of rotatable bonds is 7. The molecule has 0 saturated heterocycles. The second-order valence-corrected chi connectivity index (χ2v) is 9.79. The first-order valence-corrected chi connectivity index (χ1v) is 12.2. The zero-order valence-corrected chi connectivity index (χ0v) is 19.8. The highest BCUT2D eigenvalue weighted by atomic mass is 32.2. The van der Waals surface area contributed by atoms with Crippen LogP contribution in [0.3, 0.4) is 0 Å². The van der Waals surface area contributed by atoms with Crippen LogP contribution in [0.5, 0.6) is 5.75 Å². The number of phenols is 1. The van der Waals surface area contributed by atoms with Gasteiger partial charge >= 0.3 is 5.97 Å². The third-order valence-corrected chi connectivity index (χ3v) is 7.01. The van der Waals surface area contributed by atoms with E-state index in [4.69, 9.17) is 4.74 Å². The summed E-state index contributed by atoms with van der Waals surface area (Å²) in [6, 6.07) is 15.0. The largest absolute Gasteiger partial charge is 0.507 e. The van der Waals surface area contributed by atoms with Gasteiger partial charge in [-0.1, -0.05) is 18.2 Å². The van der Waals surface area contributed by atoms with Crippen LogP contribution >= 0.6 is 0 Å². The highest BCUT2D eigenvalue weighted by molar-refractivity contribution is 7.92. The van der Waals surface area contributed by atoms with E-state index in [-0.39, 0.29) is 22.3 Å². The van der Waals surface area contributed by atoms with Crippen molar-refractivity contribution in [3.63, 3.8) is 0 Å². The molecule has 186 valence electrons. The highest BCUT2D eigenvalue weighted by Gasteiger charge is 2.31. The molecule has 36 heavy (non-hydrogen) atoms. The number of non-ortho nitro benzene ring substituents is 1. The maximum absolute atomic E-state index is 12.8. The fourth-order valence-electron chi connectivity index (χ4n) is 3.93. The van der Waals surface area contributed by atoms with Crippen LogP contribution in [-0.2, 0) is 26.0 Å². The van der Waals surface area contributed by atoms with Gasteiger partial charge in [0.25, 0.3) is 21.6 Å². The molecule has 0 saturated carbocycles. The van der Waals surface area contributed by atoms with Crippen LogP contribution in [0, 0.1) is 10.1 Å². The van der Waals surface area contributed by atoms with E-state index in [1.807, 2.05) is 19.1 Å². The Morgan fingerprint density at radius 2 is 1.83 bits per heavy atom. The van der Waals surface area contributed by atoms with Gasteiger partial charge in [-0.3, -0.25) is 19.6 Å². The zero-order chi connectivity index (χ0) is 26.0. The number of hydrogen-bond acceptors (Lipinski definition) is 8. The zero-order valence-electron chi connectivity index (χ0n) is 19.0. The van der Waals surface area contributed by atoms with Gasteiger partial charge in [-0.15, -0.1) is 0 Å². The van der Waals surface area contributed by atoms with Crippen LogP contribution in [0.25, 0.3) is 0 Å². The lowest BCUT2D eigenvalue weighted by atomic mass is 10.1. The summed E-state index contributed by atoms with van der Waals surface area (Å²) in [6.07, 6.45) is 0.665. The number of esters is 1. The van der Waals surface area contributed by atoms with Crippen molar-refractivity contribution in [1.82, 2.24) is 0 Å². The van der Waals surface area contributed by atoms with Crippen molar-refractivity contribution in [2.45, 2.75) is 24.3 Å². The molecule has 0 aliphatic carbocycles. The van der Waals surface area contributed by atoms with E-state index < -0.39 is 44.7 Å². The van der Waals surface area contributed by atoms with E-state index in [1.54, 1.807) is 12.1 Å². The Bertz CT molecular complexity index is 1450. The number of benzene rings is 3. The van der Waals surface area contributed by atoms with Crippen LogP contribution in [0.2, 0.25) is 0 Å². The molecule has 1 heterocycles.